The van der Waals surface area contributed by atoms with Gasteiger partial charge in [-0.3, -0.25) is 4.79 Å². The molecule has 0 aliphatic heterocycles. The minimum Gasteiger partial charge on any atom is -0.496 e. The third-order valence-electron chi connectivity index (χ3n) is 2.64. The van der Waals surface area contributed by atoms with Gasteiger partial charge in [-0.05, 0) is 31.5 Å². The molecule has 0 heterocycles. The fourth-order valence-electron chi connectivity index (χ4n) is 1.39. The van der Waals surface area contributed by atoms with Gasteiger partial charge < -0.3 is 20.3 Å². The van der Waals surface area contributed by atoms with Crippen molar-refractivity contribution in [2.24, 2.45) is 0 Å². The van der Waals surface area contributed by atoms with Crippen LogP contribution >= 0.6 is 0 Å². The zero-order valence-electron chi connectivity index (χ0n) is 10.9. The van der Waals surface area contributed by atoms with Crippen LogP contribution in [0.1, 0.15) is 22.8 Å². The molecule has 0 saturated carbocycles. The van der Waals surface area contributed by atoms with Crippen molar-refractivity contribution < 1.29 is 19.7 Å². The second-order valence-corrected chi connectivity index (χ2v) is 4.52. The molecule has 18 heavy (non-hydrogen) atoms. The number of nitrogens with one attached hydrogen (secondary N) is 1. The van der Waals surface area contributed by atoms with Crippen molar-refractivity contribution in [2.75, 3.05) is 20.3 Å². The van der Waals surface area contributed by atoms with Gasteiger partial charge in [-0.25, -0.2) is 0 Å². The summed E-state index contributed by atoms with van der Waals surface area (Å²) >= 11 is 0. The summed E-state index contributed by atoms with van der Waals surface area (Å²) in [7, 11) is 1.54. The number of carbonyl (C=O) groups is 1. The number of aryl methyl sites for hydroxylation is 1. The van der Waals surface area contributed by atoms with Crippen molar-refractivity contribution >= 4 is 5.91 Å². The highest BCUT2D eigenvalue weighted by atomic mass is 16.5. The van der Waals surface area contributed by atoms with Crippen LogP contribution in [0.4, 0.5) is 0 Å². The molecule has 5 heteroatoms. The second-order valence-electron chi connectivity index (χ2n) is 4.52. The fourth-order valence-corrected chi connectivity index (χ4v) is 1.39. The van der Waals surface area contributed by atoms with Crippen molar-refractivity contribution in [1.82, 2.24) is 5.32 Å². The number of methoxy groups -OCH3 is 1. The van der Waals surface area contributed by atoms with E-state index in [0.717, 1.165) is 5.56 Å². The summed E-state index contributed by atoms with van der Waals surface area (Å²) in [5.41, 5.74) is 0.0763. The van der Waals surface area contributed by atoms with E-state index in [1.165, 1.54) is 6.92 Å². The van der Waals surface area contributed by atoms with Crippen LogP contribution in [0.3, 0.4) is 0 Å². The van der Waals surface area contributed by atoms with Crippen molar-refractivity contribution in [3.05, 3.63) is 29.3 Å². The summed E-state index contributed by atoms with van der Waals surface area (Å²) in [6, 6.07) is 5.11. The first-order chi connectivity index (χ1) is 8.39. The first-order valence-corrected chi connectivity index (χ1v) is 5.66. The minimum atomic E-state index is -1.32. The first kappa shape index (κ1) is 14.5. The van der Waals surface area contributed by atoms with Gasteiger partial charge in [-0.1, -0.05) is 6.07 Å². The molecule has 1 atom stereocenters. The molecular formula is C13H19NO4. The number of rotatable bonds is 5. The number of amides is 1. The van der Waals surface area contributed by atoms with Crippen LogP contribution in [0.5, 0.6) is 5.75 Å². The summed E-state index contributed by atoms with van der Waals surface area (Å²) in [4.78, 5) is 11.8. The molecule has 0 aliphatic rings. The Morgan fingerprint density at radius 1 is 1.50 bits per heavy atom. The summed E-state index contributed by atoms with van der Waals surface area (Å²) in [6.07, 6.45) is 0. The SMILES string of the molecule is COc1cc(C(=O)NCC(C)(O)CO)ccc1C. The normalized spacial score (nSPS) is 13.8. The number of hydrogen-bond donors (Lipinski definition) is 3. The molecule has 100 valence electrons. The lowest BCUT2D eigenvalue weighted by Gasteiger charge is -2.20. The Morgan fingerprint density at radius 3 is 2.72 bits per heavy atom. The number of aliphatic hydroxyl groups is 2. The zero-order valence-corrected chi connectivity index (χ0v) is 10.9. The van der Waals surface area contributed by atoms with Crippen LogP contribution in [-0.2, 0) is 0 Å². The summed E-state index contributed by atoms with van der Waals surface area (Å²) in [5.74, 6) is 0.318. The number of ether oxygens (including phenoxy) is 1. The molecule has 0 aliphatic carbocycles. The fraction of sp³-hybridized carbons (Fsp3) is 0.462. The average Bonchev–Trinajstić information content (AvgIpc) is 2.36. The van der Waals surface area contributed by atoms with E-state index in [0.29, 0.717) is 11.3 Å². The first-order valence-electron chi connectivity index (χ1n) is 5.66. The smallest absolute Gasteiger partial charge is 0.251 e. The van der Waals surface area contributed by atoms with E-state index in [4.69, 9.17) is 9.84 Å². The van der Waals surface area contributed by atoms with Crippen molar-refractivity contribution in [3.63, 3.8) is 0 Å². The molecule has 0 fully saturated rings. The molecule has 5 nitrogen and oxygen atoms in total. The van der Waals surface area contributed by atoms with E-state index in [-0.39, 0.29) is 12.5 Å². The van der Waals surface area contributed by atoms with Crippen LogP contribution in [0, 0.1) is 6.92 Å². The van der Waals surface area contributed by atoms with Gasteiger partial charge in [0.2, 0.25) is 0 Å². The highest BCUT2D eigenvalue weighted by molar-refractivity contribution is 5.94. The zero-order chi connectivity index (χ0) is 13.8. The van der Waals surface area contributed by atoms with E-state index in [1.807, 2.05) is 6.92 Å². The summed E-state index contributed by atoms with van der Waals surface area (Å²) in [6.45, 7) is 2.91. The molecule has 0 aromatic heterocycles. The molecule has 0 saturated heterocycles. The van der Waals surface area contributed by atoms with Gasteiger partial charge >= 0.3 is 0 Å². The molecule has 1 aromatic rings. The number of hydrogen-bond acceptors (Lipinski definition) is 4. The van der Waals surface area contributed by atoms with Crippen molar-refractivity contribution in [1.29, 1.82) is 0 Å². The van der Waals surface area contributed by atoms with E-state index >= 15 is 0 Å². The topological polar surface area (TPSA) is 78.8 Å². The molecule has 0 spiro atoms. The predicted molar refractivity (Wildman–Crippen MR) is 67.8 cm³/mol. The Morgan fingerprint density at radius 2 is 2.17 bits per heavy atom. The Balaban J connectivity index is 2.73. The summed E-state index contributed by atoms with van der Waals surface area (Å²) < 4.78 is 5.13. The number of carbonyl (C=O) groups excluding carboxylic acids is 1. The lowest BCUT2D eigenvalue weighted by Crippen LogP contribution is -2.43. The lowest BCUT2D eigenvalue weighted by molar-refractivity contribution is 0.00320. The van der Waals surface area contributed by atoms with Gasteiger partial charge in [0.05, 0.1) is 13.7 Å². The van der Waals surface area contributed by atoms with E-state index in [1.54, 1.807) is 25.3 Å². The highest BCUT2D eigenvalue weighted by Gasteiger charge is 2.20. The van der Waals surface area contributed by atoms with Crippen molar-refractivity contribution in [3.8, 4) is 5.75 Å². The Bertz CT molecular complexity index is 429. The third-order valence-corrected chi connectivity index (χ3v) is 2.64. The maximum Gasteiger partial charge on any atom is 0.251 e. The third kappa shape index (κ3) is 3.72. The number of aliphatic hydroxyl groups excluding tert-OH is 1. The van der Waals surface area contributed by atoms with Crippen LogP contribution < -0.4 is 10.1 Å². The maximum absolute atomic E-state index is 11.8. The van der Waals surface area contributed by atoms with E-state index in [2.05, 4.69) is 5.32 Å². The van der Waals surface area contributed by atoms with Gasteiger partial charge in [0, 0.05) is 12.1 Å². The lowest BCUT2D eigenvalue weighted by atomic mass is 10.1. The molecule has 3 N–H and O–H groups in total. The highest BCUT2D eigenvalue weighted by Crippen LogP contribution is 2.18. The van der Waals surface area contributed by atoms with E-state index < -0.39 is 12.2 Å². The van der Waals surface area contributed by atoms with Crippen LogP contribution in [0.15, 0.2) is 18.2 Å². The maximum atomic E-state index is 11.8. The van der Waals surface area contributed by atoms with E-state index in [9.17, 15) is 9.90 Å². The molecular weight excluding hydrogens is 234 g/mol. The van der Waals surface area contributed by atoms with Gasteiger partial charge in [0.1, 0.15) is 11.4 Å². The Labute approximate surface area is 106 Å². The van der Waals surface area contributed by atoms with Crippen LogP contribution in [0.2, 0.25) is 0 Å². The molecule has 1 unspecified atom stereocenters. The quantitative estimate of drug-likeness (QED) is 0.713. The Hall–Kier alpha value is -1.59. The molecule has 0 radical (unpaired) electrons. The number of benzene rings is 1. The van der Waals surface area contributed by atoms with Crippen LogP contribution in [-0.4, -0.2) is 42.0 Å². The van der Waals surface area contributed by atoms with Crippen LogP contribution in [0.25, 0.3) is 0 Å². The van der Waals surface area contributed by atoms with Gasteiger partial charge in [-0.15, -0.1) is 0 Å². The molecule has 1 rings (SSSR count). The van der Waals surface area contributed by atoms with Gasteiger partial charge in [-0.2, -0.15) is 0 Å². The van der Waals surface area contributed by atoms with Crippen molar-refractivity contribution in [2.45, 2.75) is 19.4 Å². The molecule has 1 amide bonds. The summed E-state index contributed by atoms with van der Waals surface area (Å²) in [5, 5.41) is 21.0. The largest absolute Gasteiger partial charge is 0.496 e. The average molecular weight is 253 g/mol. The molecule has 1 aromatic carbocycles. The molecule has 0 bridgehead atoms. The van der Waals surface area contributed by atoms with Gasteiger partial charge in [0.15, 0.2) is 0 Å². The Kier molecular flexibility index (Phi) is 4.69. The van der Waals surface area contributed by atoms with Gasteiger partial charge in [0.25, 0.3) is 5.91 Å². The predicted octanol–water partition coefficient (Wildman–Crippen LogP) is 0.477. The second kappa shape index (κ2) is 5.84. The monoisotopic (exact) mass is 253 g/mol. The standard InChI is InChI=1S/C13H19NO4/c1-9-4-5-10(6-11(9)18-3)12(16)14-7-13(2,17)8-15/h4-6,15,17H,7-8H2,1-3H3,(H,14,16). The minimum absolute atomic E-state index is 0.0154.